The zero-order valence-corrected chi connectivity index (χ0v) is 12.5. The van der Waals surface area contributed by atoms with E-state index < -0.39 is 15.9 Å². The smallest absolute Gasteiger partial charge is 0.407 e. The van der Waals surface area contributed by atoms with Gasteiger partial charge in [0.05, 0.1) is 5.92 Å². The normalized spacial score (nSPS) is 23.7. The van der Waals surface area contributed by atoms with Crippen molar-refractivity contribution in [3.63, 3.8) is 0 Å². The van der Waals surface area contributed by atoms with E-state index >= 15 is 0 Å². The van der Waals surface area contributed by atoms with Crippen LogP contribution in [0.25, 0.3) is 0 Å². The van der Waals surface area contributed by atoms with Crippen molar-refractivity contribution < 1.29 is 19.4 Å². The van der Waals surface area contributed by atoms with Crippen molar-refractivity contribution in [2.45, 2.75) is 29.5 Å². The number of carboxylic acid groups (broad SMARTS) is 1. The zero-order chi connectivity index (χ0) is 14.5. The Morgan fingerprint density at radius 3 is 2.26 bits per heavy atom. The van der Waals surface area contributed by atoms with Crippen molar-refractivity contribution in [3.8, 4) is 0 Å². The summed E-state index contributed by atoms with van der Waals surface area (Å²) >= 11 is 16.3. The van der Waals surface area contributed by atoms with Crippen LogP contribution in [0.4, 0.5) is 4.79 Å². The molecule has 0 aromatic carbocycles. The zero-order valence-electron chi connectivity index (χ0n) is 10.2. The van der Waals surface area contributed by atoms with E-state index in [9.17, 15) is 9.59 Å². The van der Waals surface area contributed by atoms with Gasteiger partial charge in [-0.05, 0) is 31.6 Å². The van der Waals surface area contributed by atoms with E-state index in [1.54, 1.807) is 0 Å². The first kappa shape index (κ1) is 16.7. The van der Waals surface area contributed by atoms with Crippen LogP contribution in [0.1, 0.15) is 25.7 Å². The molecule has 0 heterocycles. The van der Waals surface area contributed by atoms with Gasteiger partial charge in [-0.1, -0.05) is 34.8 Å². The summed E-state index contributed by atoms with van der Waals surface area (Å²) in [5.41, 5.74) is 0. The highest BCUT2D eigenvalue weighted by atomic mass is 35.6. The minimum absolute atomic E-state index is 0.257. The number of ether oxygens (including phenoxy) is 1. The SMILES string of the molecule is O=C(NCC1CCC(C(=O)O)CC1)OCC(Cl)(Cl)Cl. The first-order chi connectivity index (χ1) is 8.78. The van der Waals surface area contributed by atoms with Gasteiger partial charge in [0.1, 0.15) is 6.61 Å². The number of amides is 1. The summed E-state index contributed by atoms with van der Waals surface area (Å²) in [7, 11) is 0. The van der Waals surface area contributed by atoms with E-state index in [2.05, 4.69) is 5.32 Å². The van der Waals surface area contributed by atoms with Crippen LogP contribution in [-0.2, 0) is 9.53 Å². The van der Waals surface area contributed by atoms with Crippen molar-refractivity contribution in [3.05, 3.63) is 0 Å². The number of aliphatic carboxylic acids is 1. The summed E-state index contributed by atoms with van der Waals surface area (Å²) in [5, 5.41) is 11.4. The summed E-state index contributed by atoms with van der Waals surface area (Å²) in [4.78, 5) is 22.1. The van der Waals surface area contributed by atoms with Gasteiger partial charge in [-0.3, -0.25) is 4.79 Å². The first-order valence-electron chi connectivity index (χ1n) is 5.98. The van der Waals surface area contributed by atoms with Crippen LogP contribution in [0.3, 0.4) is 0 Å². The van der Waals surface area contributed by atoms with Crippen molar-refractivity contribution in [1.82, 2.24) is 5.32 Å². The predicted molar refractivity (Wildman–Crippen MR) is 72.7 cm³/mol. The molecule has 0 unspecified atom stereocenters. The van der Waals surface area contributed by atoms with Crippen LogP contribution in [0.2, 0.25) is 0 Å². The number of rotatable bonds is 4. The number of carboxylic acids is 1. The van der Waals surface area contributed by atoms with Gasteiger partial charge < -0.3 is 15.2 Å². The van der Waals surface area contributed by atoms with Gasteiger partial charge in [-0.2, -0.15) is 0 Å². The molecule has 0 spiro atoms. The molecule has 19 heavy (non-hydrogen) atoms. The van der Waals surface area contributed by atoms with Crippen LogP contribution >= 0.6 is 34.8 Å². The summed E-state index contributed by atoms with van der Waals surface area (Å²) in [6.07, 6.45) is 2.21. The Labute approximate surface area is 126 Å². The van der Waals surface area contributed by atoms with Crippen molar-refractivity contribution in [1.29, 1.82) is 0 Å². The third-order valence-corrected chi connectivity index (χ3v) is 3.43. The molecular weight excluding hydrogens is 316 g/mol. The van der Waals surface area contributed by atoms with Crippen LogP contribution in [-0.4, -0.2) is 34.1 Å². The third kappa shape index (κ3) is 7.09. The standard InChI is InChI=1S/C11H16Cl3NO4/c12-11(13,14)6-19-10(18)15-5-7-1-3-8(4-2-7)9(16)17/h7-8H,1-6H2,(H,15,18)(H,16,17). The highest BCUT2D eigenvalue weighted by molar-refractivity contribution is 6.67. The number of hydrogen-bond donors (Lipinski definition) is 2. The molecule has 1 rings (SSSR count). The number of halogens is 3. The Kier molecular flexibility index (Phi) is 6.50. The Bertz CT molecular complexity index is 324. The molecule has 1 saturated carbocycles. The van der Waals surface area contributed by atoms with Crippen molar-refractivity contribution in [2.75, 3.05) is 13.2 Å². The number of alkyl carbamates (subject to hydrolysis) is 1. The molecule has 0 bridgehead atoms. The van der Waals surface area contributed by atoms with Crippen LogP contribution in [0, 0.1) is 11.8 Å². The molecule has 0 aromatic rings. The van der Waals surface area contributed by atoms with Crippen LogP contribution in [0.15, 0.2) is 0 Å². The lowest BCUT2D eigenvalue weighted by Crippen LogP contribution is -2.34. The molecule has 0 radical (unpaired) electrons. The summed E-state index contributed by atoms with van der Waals surface area (Å²) in [5.74, 6) is -0.725. The van der Waals surface area contributed by atoms with Gasteiger partial charge in [-0.15, -0.1) is 0 Å². The molecule has 1 aliphatic rings. The van der Waals surface area contributed by atoms with E-state index in [0.717, 1.165) is 12.8 Å². The van der Waals surface area contributed by atoms with Gasteiger partial charge in [0.2, 0.25) is 3.79 Å². The quantitative estimate of drug-likeness (QED) is 0.776. The van der Waals surface area contributed by atoms with Gasteiger partial charge in [0.15, 0.2) is 0 Å². The molecule has 1 amide bonds. The molecule has 8 heteroatoms. The van der Waals surface area contributed by atoms with E-state index in [1.165, 1.54) is 0 Å². The topological polar surface area (TPSA) is 75.6 Å². The maximum atomic E-state index is 11.3. The third-order valence-electron chi connectivity index (χ3n) is 3.10. The molecule has 5 nitrogen and oxygen atoms in total. The molecule has 0 atom stereocenters. The van der Waals surface area contributed by atoms with Crippen LogP contribution in [0.5, 0.6) is 0 Å². The molecule has 0 aliphatic heterocycles. The highest BCUT2D eigenvalue weighted by Crippen LogP contribution is 2.28. The lowest BCUT2D eigenvalue weighted by atomic mass is 9.82. The van der Waals surface area contributed by atoms with Gasteiger partial charge in [-0.25, -0.2) is 4.79 Å². The average molecular weight is 333 g/mol. The fraction of sp³-hybridized carbons (Fsp3) is 0.818. The molecular formula is C11H16Cl3NO4. The second kappa shape index (κ2) is 7.41. The molecule has 1 fully saturated rings. The van der Waals surface area contributed by atoms with Crippen molar-refractivity contribution in [2.24, 2.45) is 11.8 Å². The number of nitrogens with one attached hydrogen (secondary N) is 1. The van der Waals surface area contributed by atoms with Crippen LogP contribution < -0.4 is 5.32 Å². The molecule has 2 N–H and O–H groups in total. The number of carbonyl (C=O) groups excluding carboxylic acids is 1. The van der Waals surface area contributed by atoms with Gasteiger partial charge in [0.25, 0.3) is 0 Å². The minimum Gasteiger partial charge on any atom is -0.481 e. The maximum Gasteiger partial charge on any atom is 0.407 e. The maximum absolute atomic E-state index is 11.3. The Hall–Kier alpha value is -0.390. The lowest BCUT2D eigenvalue weighted by molar-refractivity contribution is -0.143. The van der Waals surface area contributed by atoms with E-state index in [4.69, 9.17) is 44.6 Å². The Morgan fingerprint density at radius 2 is 1.79 bits per heavy atom. The number of carbonyl (C=O) groups is 2. The molecule has 0 aromatic heterocycles. The lowest BCUT2D eigenvalue weighted by Gasteiger charge is -2.26. The average Bonchev–Trinajstić information content (AvgIpc) is 2.33. The summed E-state index contributed by atoms with van der Waals surface area (Å²) < 4.78 is 3.10. The van der Waals surface area contributed by atoms with E-state index in [0.29, 0.717) is 19.4 Å². The fourth-order valence-corrected chi connectivity index (χ4v) is 2.20. The van der Waals surface area contributed by atoms with E-state index in [-0.39, 0.29) is 18.4 Å². The first-order valence-corrected chi connectivity index (χ1v) is 7.11. The number of alkyl halides is 3. The summed E-state index contributed by atoms with van der Waals surface area (Å²) in [6.45, 7) is 0.139. The fourth-order valence-electron chi connectivity index (χ4n) is 2.04. The molecule has 1 aliphatic carbocycles. The monoisotopic (exact) mass is 331 g/mol. The summed E-state index contributed by atoms with van der Waals surface area (Å²) in [6, 6.07) is 0. The van der Waals surface area contributed by atoms with E-state index in [1.807, 2.05) is 0 Å². The number of hydrogen-bond acceptors (Lipinski definition) is 3. The highest BCUT2D eigenvalue weighted by Gasteiger charge is 2.26. The molecule has 110 valence electrons. The molecule has 0 saturated heterocycles. The predicted octanol–water partition coefficient (Wildman–Crippen LogP) is 2.97. The van der Waals surface area contributed by atoms with Gasteiger partial charge >= 0.3 is 12.1 Å². The second-order valence-corrected chi connectivity index (χ2v) is 7.14. The largest absolute Gasteiger partial charge is 0.481 e. The minimum atomic E-state index is -1.61. The van der Waals surface area contributed by atoms with Gasteiger partial charge in [0, 0.05) is 6.54 Å². The van der Waals surface area contributed by atoms with Crippen molar-refractivity contribution >= 4 is 46.9 Å². The Morgan fingerprint density at radius 1 is 1.21 bits per heavy atom. The Balaban J connectivity index is 2.17. The second-order valence-electron chi connectivity index (χ2n) is 4.63.